The first-order valence-electron chi connectivity index (χ1n) is 5.92. The summed E-state index contributed by atoms with van der Waals surface area (Å²) in [5, 5.41) is 0. The second kappa shape index (κ2) is 4.97. The SMILES string of the molecule is O=Cc1ccn2c(Cc3ccccc3Br)ncc2c1. The summed E-state index contributed by atoms with van der Waals surface area (Å²) in [4.78, 5) is 15.2. The topological polar surface area (TPSA) is 34.4 Å². The third kappa shape index (κ3) is 2.31. The Bertz CT molecular complexity index is 749. The zero-order valence-electron chi connectivity index (χ0n) is 10.1. The fourth-order valence-electron chi connectivity index (χ4n) is 2.09. The molecule has 0 N–H and O–H groups in total. The molecule has 2 aromatic heterocycles. The highest BCUT2D eigenvalue weighted by atomic mass is 79.9. The van der Waals surface area contributed by atoms with E-state index >= 15 is 0 Å². The average Bonchev–Trinajstić information content (AvgIpc) is 2.83. The normalized spacial score (nSPS) is 10.8. The van der Waals surface area contributed by atoms with E-state index in [-0.39, 0.29) is 0 Å². The van der Waals surface area contributed by atoms with E-state index in [1.54, 1.807) is 12.3 Å². The Labute approximate surface area is 119 Å². The number of rotatable bonds is 3. The molecule has 0 saturated heterocycles. The number of pyridine rings is 1. The smallest absolute Gasteiger partial charge is 0.150 e. The van der Waals surface area contributed by atoms with Gasteiger partial charge in [0.2, 0.25) is 0 Å². The monoisotopic (exact) mass is 314 g/mol. The molecule has 0 amide bonds. The number of halogens is 1. The highest BCUT2D eigenvalue weighted by Crippen LogP contribution is 2.20. The molecule has 2 heterocycles. The van der Waals surface area contributed by atoms with Gasteiger partial charge in [-0.25, -0.2) is 4.98 Å². The molecule has 0 radical (unpaired) electrons. The largest absolute Gasteiger partial charge is 0.303 e. The molecule has 0 saturated carbocycles. The minimum absolute atomic E-state index is 0.667. The minimum Gasteiger partial charge on any atom is -0.303 e. The zero-order valence-corrected chi connectivity index (χ0v) is 11.7. The summed E-state index contributed by atoms with van der Waals surface area (Å²) in [5.74, 6) is 0.958. The Hall–Kier alpha value is -1.94. The van der Waals surface area contributed by atoms with Gasteiger partial charge in [0.1, 0.15) is 12.1 Å². The first kappa shape index (κ1) is 12.1. The molecule has 0 fully saturated rings. The lowest BCUT2D eigenvalue weighted by atomic mass is 10.1. The number of fused-ring (bicyclic) bond motifs is 1. The van der Waals surface area contributed by atoms with Crippen molar-refractivity contribution in [2.24, 2.45) is 0 Å². The first-order valence-corrected chi connectivity index (χ1v) is 6.72. The number of benzene rings is 1. The number of nitrogens with zero attached hydrogens (tertiary/aromatic N) is 2. The van der Waals surface area contributed by atoms with Crippen molar-refractivity contribution in [1.82, 2.24) is 9.38 Å². The molecular weight excluding hydrogens is 304 g/mol. The van der Waals surface area contributed by atoms with Crippen LogP contribution in [0.2, 0.25) is 0 Å². The first-order chi connectivity index (χ1) is 9.28. The maximum Gasteiger partial charge on any atom is 0.150 e. The highest BCUT2D eigenvalue weighted by molar-refractivity contribution is 9.10. The van der Waals surface area contributed by atoms with Crippen molar-refractivity contribution in [3.63, 3.8) is 0 Å². The van der Waals surface area contributed by atoms with Gasteiger partial charge in [0.05, 0.1) is 11.7 Å². The van der Waals surface area contributed by atoms with Crippen LogP contribution in [0.4, 0.5) is 0 Å². The van der Waals surface area contributed by atoms with Gasteiger partial charge in [-0.05, 0) is 23.8 Å². The number of imidazole rings is 1. The van der Waals surface area contributed by atoms with E-state index in [2.05, 4.69) is 27.0 Å². The molecule has 0 bridgehead atoms. The summed E-state index contributed by atoms with van der Waals surface area (Å²) in [5.41, 5.74) is 2.79. The molecule has 0 aliphatic heterocycles. The third-order valence-corrected chi connectivity index (χ3v) is 3.85. The van der Waals surface area contributed by atoms with E-state index < -0.39 is 0 Å². The predicted octanol–water partition coefficient (Wildman–Crippen LogP) is 3.50. The van der Waals surface area contributed by atoms with Gasteiger partial charge < -0.3 is 4.40 Å². The van der Waals surface area contributed by atoms with Gasteiger partial charge in [0.15, 0.2) is 0 Å². The molecule has 0 spiro atoms. The van der Waals surface area contributed by atoms with Gasteiger partial charge in [0, 0.05) is 22.7 Å². The van der Waals surface area contributed by atoms with E-state index in [0.717, 1.165) is 28.5 Å². The molecule has 0 atom stereocenters. The minimum atomic E-state index is 0.667. The molecule has 1 aromatic carbocycles. The molecule has 3 rings (SSSR count). The standard InChI is InChI=1S/C15H11BrN2O/c16-14-4-2-1-3-12(14)8-15-17-9-13-7-11(10-19)5-6-18(13)15/h1-7,9-10H,8H2. The van der Waals surface area contributed by atoms with Crippen LogP contribution >= 0.6 is 15.9 Å². The predicted molar refractivity (Wildman–Crippen MR) is 77.5 cm³/mol. The van der Waals surface area contributed by atoms with Crippen molar-refractivity contribution in [1.29, 1.82) is 0 Å². The molecule has 19 heavy (non-hydrogen) atoms. The number of aldehydes is 1. The lowest BCUT2D eigenvalue weighted by Gasteiger charge is -2.04. The fourth-order valence-corrected chi connectivity index (χ4v) is 2.51. The van der Waals surface area contributed by atoms with E-state index in [1.807, 2.05) is 34.9 Å². The Morgan fingerprint density at radius 2 is 2.11 bits per heavy atom. The Kier molecular flexibility index (Phi) is 3.17. The van der Waals surface area contributed by atoms with Crippen LogP contribution in [0.3, 0.4) is 0 Å². The number of hydrogen-bond donors (Lipinski definition) is 0. The number of carbonyl (C=O) groups is 1. The number of carbonyl (C=O) groups excluding carboxylic acids is 1. The van der Waals surface area contributed by atoms with Crippen molar-refractivity contribution in [2.75, 3.05) is 0 Å². The Morgan fingerprint density at radius 1 is 1.26 bits per heavy atom. The summed E-state index contributed by atoms with van der Waals surface area (Å²) >= 11 is 3.55. The van der Waals surface area contributed by atoms with Gasteiger partial charge in [-0.15, -0.1) is 0 Å². The highest BCUT2D eigenvalue weighted by Gasteiger charge is 2.07. The fraction of sp³-hybridized carbons (Fsp3) is 0.0667. The summed E-state index contributed by atoms with van der Waals surface area (Å²) in [6, 6.07) is 11.7. The lowest BCUT2D eigenvalue weighted by molar-refractivity contribution is 0.112. The van der Waals surface area contributed by atoms with Crippen molar-refractivity contribution in [2.45, 2.75) is 6.42 Å². The third-order valence-electron chi connectivity index (χ3n) is 3.08. The van der Waals surface area contributed by atoms with E-state index in [9.17, 15) is 4.79 Å². The van der Waals surface area contributed by atoms with E-state index in [4.69, 9.17) is 0 Å². The molecule has 94 valence electrons. The second-order valence-electron chi connectivity index (χ2n) is 4.32. The van der Waals surface area contributed by atoms with E-state index in [0.29, 0.717) is 5.56 Å². The second-order valence-corrected chi connectivity index (χ2v) is 5.17. The summed E-state index contributed by atoms with van der Waals surface area (Å²) in [6.07, 6.45) is 5.27. The van der Waals surface area contributed by atoms with Gasteiger partial charge in [-0.2, -0.15) is 0 Å². The molecular formula is C15H11BrN2O. The van der Waals surface area contributed by atoms with Crippen molar-refractivity contribution in [3.05, 3.63) is 70.2 Å². The van der Waals surface area contributed by atoms with Crippen molar-refractivity contribution >= 4 is 27.7 Å². The van der Waals surface area contributed by atoms with Crippen molar-refractivity contribution < 1.29 is 4.79 Å². The van der Waals surface area contributed by atoms with E-state index in [1.165, 1.54) is 5.56 Å². The van der Waals surface area contributed by atoms with Crippen LogP contribution in [0, 0.1) is 0 Å². The Morgan fingerprint density at radius 3 is 2.89 bits per heavy atom. The van der Waals surface area contributed by atoms with Gasteiger partial charge in [-0.3, -0.25) is 4.79 Å². The number of aromatic nitrogens is 2. The molecule has 0 aliphatic rings. The number of hydrogen-bond acceptors (Lipinski definition) is 2. The van der Waals surface area contributed by atoms with Crippen LogP contribution in [-0.4, -0.2) is 15.7 Å². The van der Waals surface area contributed by atoms with Crippen LogP contribution < -0.4 is 0 Å². The zero-order chi connectivity index (χ0) is 13.2. The van der Waals surface area contributed by atoms with Crippen LogP contribution in [0.5, 0.6) is 0 Å². The Balaban J connectivity index is 2.02. The van der Waals surface area contributed by atoms with Crippen LogP contribution in [0.15, 0.2) is 53.3 Å². The maximum atomic E-state index is 10.8. The van der Waals surface area contributed by atoms with Crippen LogP contribution in [-0.2, 0) is 6.42 Å². The molecule has 3 aromatic rings. The lowest BCUT2D eigenvalue weighted by Crippen LogP contribution is -1.97. The van der Waals surface area contributed by atoms with Crippen LogP contribution in [0.25, 0.3) is 5.52 Å². The molecule has 0 unspecified atom stereocenters. The van der Waals surface area contributed by atoms with Gasteiger partial charge in [0.25, 0.3) is 0 Å². The summed E-state index contributed by atoms with van der Waals surface area (Å²) in [6.45, 7) is 0. The molecule has 4 heteroatoms. The van der Waals surface area contributed by atoms with Crippen LogP contribution in [0.1, 0.15) is 21.7 Å². The molecule has 3 nitrogen and oxygen atoms in total. The maximum absolute atomic E-state index is 10.8. The average molecular weight is 315 g/mol. The van der Waals surface area contributed by atoms with Crippen molar-refractivity contribution in [3.8, 4) is 0 Å². The quantitative estimate of drug-likeness (QED) is 0.693. The summed E-state index contributed by atoms with van der Waals surface area (Å²) < 4.78 is 3.09. The summed E-state index contributed by atoms with van der Waals surface area (Å²) in [7, 11) is 0. The molecule has 0 aliphatic carbocycles. The van der Waals surface area contributed by atoms with Gasteiger partial charge >= 0.3 is 0 Å². The van der Waals surface area contributed by atoms with Gasteiger partial charge in [-0.1, -0.05) is 34.1 Å².